The molecule has 3 heterocycles. The topological polar surface area (TPSA) is 77.1 Å². The van der Waals surface area contributed by atoms with E-state index < -0.39 is 5.92 Å². The lowest BCUT2D eigenvalue weighted by Gasteiger charge is -2.38. The Labute approximate surface area is 191 Å². The molecule has 0 aliphatic carbocycles. The number of fused-ring (bicyclic) bond motifs is 1. The maximum absolute atomic E-state index is 13.0. The maximum atomic E-state index is 13.0. The van der Waals surface area contributed by atoms with E-state index in [4.69, 9.17) is 25.8 Å². The van der Waals surface area contributed by atoms with Gasteiger partial charge in [-0.1, -0.05) is 23.7 Å². The van der Waals surface area contributed by atoms with Gasteiger partial charge in [-0.2, -0.15) is 0 Å². The molecule has 2 fully saturated rings. The molecular weight excluding hydrogens is 432 g/mol. The van der Waals surface area contributed by atoms with Crippen molar-refractivity contribution < 1.29 is 23.8 Å². The second-order valence-corrected chi connectivity index (χ2v) is 9.00. The van der Waals surface area contributed by atoms with Crippen LogP contribution in [0.25, 0.3) is 0 Å². The number of nitrogens with one attached hydrogen (secondary N) is 1. The van der Waals surface area contributed by atoms with Crippen LogP contribution in [0.1, 0.15) is 24.8 Å². The number of amides is 2. The van der Waals surface area contributed by atoms with E-state index in [-0.39, 0.29) is 30.4 Å². The lowest BCUT2D eigenvalue weighted by atomic mass is 9.74. The summed E-state index contributed by atoms with van der Waals surface area (Å²) in [5.41, 5.74) is 1.67. The average molecular weight is 457 g/mol. The van der Waals surface area contributed by atoms with Gasteiger partial charge in [0.2, 0.25) is 18.6 Å². The average Bonchev–Trinajstić information content (AvgIpc) is 3.44. The summed E-state index contributed by atoms with van der Waals surface area (Å²) in [6.45, 7) is 2.34. The Morgan fingerprint density at radius 3 is 2.62 bits per heavy atom. The van der Waals surface area contributed by atoms with E-state index in [9.17, 15) is 9.59 Å². The molecule has 1 atom stereocenters. The van der Waals surface area contributed by atoms with Gasteiger partial charge in [-0.25, -0.2) is 0 Å². The van der Waals surface area contributed by atoms with Gasteiger partial charge < -0.3 is 24.4 Å². The second kappa shape index (κ2) is 8.64. The third kappa shape index (κ3) is 4.02. The summed E-state index contributed by atoms with van der Waals surface area (Å²) in [5.74, 6) is 0.727. The second-order valence-electron chi connectivity index (χ2n) is 8.56. The van der Waals surface area contributed by atoms with Gasteiger partial charge in [-0.15, -0.1) is 0 Å². The van der Waals surface area contributed by atoms with E-state index in [2.05, 4.69) is 5.32 Å². The van der Waals surface area contributed by atoms with Crippen LogP contribution in [-0.2, 0) is 19.7 Å². The SMILES string of the molecule is O=C(NCC1(c2ccc(Cl)cc2)CCOCC1)C1CC(=O)N(c2ccc3c(c2)OCO3)C1. The van der Waals surface area contributed by atoms with Crippen LogP contribution in [0.3, 0.4) is 0 Å². The molecular formula is C24H25ClN2O5. The number of hydrogen-bond donors (Lipinski definition) is 1. The number of carbonyl (C=O) groups excluding carboxylic acids is 2. The van der Waals surface area contributed by atoms with E-state index in [1.807, 2.05) is 30.3 Å². The molecule has 5 rings (SSSR count). The minimum Gasteiger partial charge on any atom is -0.454 e. The maximum Gasteiger partial charge on any atom is 0.231 e. The lowest BCUT2D eigenvalue weighted by molar-refractivity contribution is -0.126. The highest BCUT2D eigenvalue weighted by molar-refractivity contribution is 6.30. The van der Waals surface area contributed by atoms with Gasteiger partial charge in [0.25, 0.3) is 0 Å². The quantitative estimate of drug-likeness (QED) is 0.747. The summed E-state index contributed by atoms with van der Waals surface area (Å²) in [7, 11) is 0. The normalized spacial score (nSPS) is 21.6. The number of anilines is 1. The molecule has 0 aromatic heterocycles. The van der Waals surface area contributed by atoms with Gasteiger partial charge in [-0.3, -0.25) is 9.59 Å². The number of hydrogen-bond acceptors (Lipinski definition) is 5. The zero-order valence-corrected chi connectivity index (χ0v) is 18.4. The van der Waals surface area contributed by atoms with Crippen molar-refractivity contribution in [3.63, 3.8) is 0 Å². The molecule has 3 aliphatic heterocycles. The molecule has 2 aromatic rings. The van der Waals surface area contributed by atoms with Crippen LogP contribution >= 0.6 is 11.6 Å². The first kappa shape index (κ1) is 21.1. The summed E-state index contributed by atoms with van der Waals surface area (Å²) in [5, 5.41) is 3.82. The number of ether oxygens (including phenoxy) is 3. The highest BCUT2D eigenvalue weighted by atomic mass is 35.5. The Morgan fingerprint density at radius 1 is 1.09 bits per heavy atom. The summed E-state index contributed by atoms with van der Waals surface area (Å²) in [6.07, 6.45) is 1.83. The molecule has 32 heavy (non-hydrogen) atoms. The van der Waals surface area contributed by atoms with Crippen molar-refractivity contribution in [2.45, 2.75) is 24.7 Å². The van der Waals surface area contributed by atoms with Crippen molar-refractivity contribution in [1.82, 2.24) is 5.32 Å². The molecule has 8 heteroatoms. The van der Waals surface area contributed by atoms with E-state index in [1.54, 1.807) is 17.0 Å². The van der Waals surface area contributed by atoms with Crippen molar-refractivity contribution in [3.8, 4) is 11.5 Å². The molecule has 2 saturated heterocycles. The van der Waals surface area contributed by atoms with Gasteiger partial charge in [0.1, 0.15) is 0 Å². The number of benzene rings is 2. The minimum absolute atomic E-state index is 0.0671. The largest absolute Gasteiger partial charge is 0.454 e. The smallest absolute Gasteiger partial charge is 0.231 e. The van der Waals surface area contributed by atoms with Crippen LogP contribution in [0, 0.1) is 5.92 Å². The fourth-order valence-electron chi connectivity index (χ4n) is 4.72. The van der Waals surface area contributed by atoms with Crippen molar-refractivity contribution in [2.24, 2.45) is 5.92 Å². The minimum atomic E-state index is -0.393. The van der Waals surface area contributed by atoms with Crippen molar-refractivity contribution >= 4 is 29.1 Å². The molecule has 2 aromatic carbocycles. The highest BCUT2D eigenvalue weighted by Crippen LogP contribution is 2.38. The first-order valence-corrected chi connectivity index (χ1v) is 11.2. The van der Waals surface area contributed by atoms with Crippen molar-refractivity contribution in [2.75, 3.05) is 38.0 Å². The standard InChI is InChI=1S/C24H25ClN2O5/c25-18-3-1-17(2-4-18)24(7-9-30-10-8-24)14-26-23(29)16-11-22(28)27(13-16)19-5-6-20-21(12-19)32-15-31-20/h1-6,12,16H,7-11,13-15H2,(H,26,29). The molecule has 0 saturated carbocycles. The van der Waals surface area contributed by atoms with E-state index in [0.29, 0.717) is 42.8 Å². The molecule has 0 spiro atoms. The third-order valence-corrected chi connectivity index (χ3v) is 6.92. The Balaban J connectivity index is 1.26. The number of halogens is 1. The Bertz CT molecular complexity index is 1020. The molecule has 1 unspecified atom stereocenters. The Kier molecular flexibility index (Phi) is 5.69. The molecule has 7 nitrogen and oxygen atoms in total. The van der Waals surface area contributed by atoms with Crippen molar-refractivity contribution in [3.05, 3.63) is 53.1 Å². The molecule has 1 N–H and O–H groups in total. The predicted molar refractivity (Wildman–Crippen MR) is 119 cm³/mol. The first-order chi connectivity index (χ1) is 15.5. The van der Waals surface area contributed by atoms with Crippen LogP contribution in [0.2, 0.25) is 5.02 Å². The van der Waals surface area contributed by atoms with Crippen molar-refractivity contribution in [1.29, 1.82) is 0 Å². The van der Waals surface area contributed by atoms with Gasteiger partial charge in [0.15, 0.2) is 11.5 Å². The molecule has 3 aliphatic rings. The van der Waals surface area contributed by atoms with Gasteiger partial charge in [0.05, 0.1) is 5.92 Å². The van der Waals surface area contributed by atoms with Crippen LogP contribution in [0.15, 0.2) is 42.5 Å². The number of rotatable bonds is 5. The zero-order chi connectivity index (χ0) is 22.1. The van der Waals surface area contributed by atoms with Gasteiger partial charge >= 0.3 is 0 Å². The predicted octanol–water partition coefficient (Wildman–Crippen LogP) is 3.29. The molecule has 0 radical (unpaired) electrons. The van der Waals surface area contributed by atoms with E-state index >= 15 is 0 Å². The summed E-state index contributed by atoms with van der Waals surface area (Å²) >= 11 is 6.07. The van der Waals surface area contributed by atoms with Gasteiger partial charge in [0, 0.05) is 54.9 Å². The third-order valence-electron chi connectivity index (χ3n) is 6.67. The highest BCUT2D eigenvalue weighted by Gasteiger charge is 2.39. The van der Waals surface area contributed by atoms with E-state index in [0.717, 1.165) is 24.1 Å². The van der Waals surface area contributed by atoms with Crippen LogP contribution in [0.4, 0.5) is 5.69 Å². The number of carbonyl (C=O) groups is 2. The Morgan fingerprint density at radius 2 is 1.84 bits per heavy atom. The summed E-state index contributed by atoms with van der Waals surface area (Å²) in [4.78, 5) is 27.3. The Hall–Kier alpha value is -2.77. The lowest BCUT2D eigenvalue weighted by Crippen LogP contribution is -2.46. The molecule has 2 amide bonds. The summed E-state index contributed by atoms with van der Waals surface area (Å²) in [6, 6.07) is 13.2. The van der Waals surface area contributed by atoms with E-state index in [1.165, 1.54) is 0 Å². The fraction of sp³-hybridized carbons (Fsp3) is 0.417. The fourth-order valence-corrected chi connectivity index (χ4v) is 4.85. The van der Waals surface area contributed by atoms with Gasteiger partial charge in [-0.05, 0) is 42.7 Å². The van der Waals surface area contributed by atoms with Crippen LogP contribution < -0.4 is 19.7 Å². The monoisotopic (exact) mass is 456 g/mol. The van der Waals surface area contributed by atoms with Crippen LogP contribution in [-0.4, -0.2) is 44.9 Å². The zero-order valence-electron chi connectivity index (χ0n) is 17.6. The summed E-state index contributed by atoms with van der Waals surface area (Å²) < 4.78 is 16.3. The number of nitrogens with zero attached hydrogens (tertiary/aromatic N) is 1. The molecule has 168 valence electrons. The molecule has 0 bridgehead atoms. The van der Waals surface area contributed by atoms with Crippen LogP contribution in [0.5, 0.6) is 11.5 Å². The first-order valence-electron chi connectivity index (χ1n) is 10.9.